The Morgan fingerprint density at radius 3 is 2.53 bits per heavy atom. The summed E-state index contributed by atoms with van der Waals surface area (Å²) in [5.41, 5.74) is 6.18. The van der Waals surface area contributed by atoms with Crippen molar-refractivity contribution in [3.05, 3.63) is 71.4 Å². The van der Waals surface area contributed by atoms with E-state index in [4.69, 9.17) is 27.9 Å². The van der Waals surface area contributed by atoms with Crippen molar-refractivity contribution in [2.45, 2.75) is 38.5 Å². The second kappa shape index (κ2) is 9.50. The Balaban J connectivity index is 0.000000848. The number of hydrogen-bond donors (Lipinski definition) is 0. The fraction of sp³-hybridized carbons (Fsp3) is 0.280. The first-order valence-electron chi connectivity index (χ1n) is 11.5. The Morgan fingerprint density at radius 2 is 1.83 bits per heavy atom. The van der Waals surface area contributed by atoms with E-state index in [1.165, 1.54) is 5.56 Å². The molecule has 1 aliphatic rings. The molecule has 0 bridgehead atoms. The summed E-state index contributed by atoms with van der Waals surface area (Å²) in [6, 6.07) is 14.4. The van der Waals surface area contributed by atoms with Crippen LogP contribution in [0.1, 0.15) is 42.5 Å². The van der Waals surface area contributed by atoms with Gasteiger partial charge in [-0.05, 0) is 49.4 Å². The fourth-order valence-electron chi connectivity index (χ4n) is 4.44. The number of pyridine rings is 1. The molecular formula is C25H23N7O3S. The number of nitrogens with zero attached hydrogens (tertiary/aromatic N) is 7. The number of hydrogen-bond acceptors (Lipinski definition) is 9. The molecule has 5 aromatic rings. The molecule has 0 saturated heterocycles. The van der Waals surface area contributed by atoms with Crippen LogP contribution in [0.15, 0.2) is 53.2 Å². The molecule has 36 heavy (non-hydrogen) atoms. The minimum atomic E-state index is -0.750. The number of rotatable bonds is 5. The third-order valence-electron chi connectivity index (χ3n) is 6.47. The summed E-state index contributed by atoms with van der Waals surface area (Å²) in [6.07, 6.45) is 4.63. The first-order chi connectivity index (χ1) is 17.5. The van der Waals surface area contributed by atoms with Crippen molar-refractivity contribution in [1.82, 2.24) is 34.9 Å². The van der Waals surface area contributed by atoms with Crippen LogP contribution in [0, 0.1) is 6.92 Å². The van der Waals surface area contributed by atoms with E-state index in [9.17, 15) is 0 Å². The van der Waals surface area contributed by atoms with Crippen LogP contribution in [-0.2, 0) is 30.5 Å². The van der Waals surface area contributed by atoms with E-state index in [1.807, 2.05) is 30.7 Å². The molecule has 1 aliphatic carbocycles. The molecule has 10 nitrogen and oxygen atoms in total. The van der Waals surface area contributed by atoms with E-state index in [0.717, 1.165) is 58.8 Å². The molecular weight excluding hydrogens is 478 g/mol. The third kappa shape index (κ3) is 4.11. The second-order valence-corrected chi connectivity index (χ2v) is 8.85. The molecule has 0 unspecified atom stereocenters. The van der Waals surface area contributed by atoms with Crippen molar-refractivity contribution < 1.29 is 12.9 Å². The van der Waals surface area contributed by atoms with Gasteiger partial charge in [0, 0.05) is 18.8 Å². The molecule has 11 heteroatoms. The van der Waals surface area contributed by atoms with E-state index in [1.54, 1.807) is 6.20 Å². The molecule has 0 atom stereocenters. The molecule has 182 valence electrons. The summed E-state index contributed by atoms with van der Waals surface area (Å²) in [6.45, 7) is 4.02. The van der Waals surface area contributed by atoms with E-state index >= 15 is 0 Å². The highest BCUT2D eigenvalue weighted by Gasteiger charge is 2.50. The molecule has 1 fully saturated rings. The standard InChI is InChI=1S/C25H23N7O.O2S/c1-4-16-13-17(14-26-20(16)23-27-19-12-15(2)29-30-22(19)32(23)3)21-28-24(33-31-21)25(10-11-25)18-8-6-5-7-9-18;1-3-2/h5-9,12-14H,4,10-11H2,1-3H3;. The highest BCUT2D eigenvalue weighted by molar-refractivity contribution is 7.51. The van der Waals surface area contributed by atoms with Gasteiger partial charge in [0.25, 0.3) is 0 Å². The van der Waals surface area contributed by atoms with E-state index in [-0.39, 0.29) is 5.41 Å². The lowest BCUT2D eigenvalue weighted by atomic mass is 9.96. The van der Waals surface area contributed by atoms with Crippen LogP contribution >= 0.6 is 0 Å². The van der Waals surface area contributed by atoms with Gasteiger partial charge in [-0.3, -0.25) is 4.98 Å². The van der Waals surface area contributed by atoms with E-state index < -0.39 is 11.6 Å². The van der Waals surface area contributed by atoms with Crippen molar-refractivity contribution in [1.29, 1.82) is 0 Å². The van der Waals surface area contributed by atoms with Crippen molar-refractivity contribution in [2.24, 2.45) is 7.05 Å². The monoisotopic (exact) mass is 501 g/mol. The molecule has 4 aromatic heterocycles. The second-order valence-electron chi connectivity index (χ2n) is 8.71. The minimum Gasteiger partial charge on any atom is -0.338 e. The van der Waals surface area contributed by atoms with Gasteiger partial charge in [-0.1, -0.05) is 42.4 Å². The van der Waals surface area contributed by atoms with Crippen LogP contribution in [0.2, 0.25) is 0 Å². The van der Waals surface area contributed by atoms with Gasteiger partial charge in [-0.25, -0.2) is 4.98 Å². The summed E-state index contributed by atoms with van der Waals surface area (Å²) in [5, 5.41) is 12.7. The van der Waals surface area contributed by atoms with Crippen LogP contribution in [0.3, 0.4) is 0 Å². The van der Waals surface area contributed by atoms with Crippen LogP contribution in [0.5, 0.6) is 0 Å². The lowest BCUT2D eigenvalue weighted by Gasteiger charge is -2.10. The Morgan fingerprint density at radius 1 is 1.08 bits per heavy atom. The van der Waals surface area contributed by atoms with E-state index in [0.29, 0.717) is 11.7 Å². The number of aryl methyl sites for hydroxylation is 3. The SMILES string of the molecule is CCc1cc(-c2noc(C3(c4ccccc4)CC3)n2)cnc1-c1nc2cc(C)nnc2n1C.O=S=O. The summed E-state index contributed by atoms with van der Waals surface area (Å²) in [4.78, 5) is 14.3. The predicted octanol–water partition coefficient (Wildman–Crippen LogP) is 3.76. The summed E-state index contributed by atoms with van der Waals surface area (Å²) >= 11 is -0.750. The maximum absolute atomic E-state index is 8.29. The topological polar surface area (TPSA) is 130 Å². The molecule has 0 amide bonds. The van der Waals surface area contributed by atoms with Crippen LogP contribution in [-0.4, -0.2) is 43.3 Å². The van der Waals surface area contributed by atoms with Crippen LogP contribution in [0.25, 0.3) is 34.1 Å². The average Bonchev–Trinajstić information content (AvgIpc) is 3.44. The summed E-state index contributed by atoms with van der Waals surface area (Å²) in [5.74, 6) is 2.01. The van der Waals surface area contributed by atoms with Crippen molar-refractivity contribution in [2.75, 3.05) is 0 Å². The molecule has 1 saturated carbocycles. The van der Waals surface area contributed by atoms with Crippen LogP contribution in [0.4, 0.5) is 0 Å². The van der Waals surface area contributed by atoms with Gasteiger partial charge >= 0.3 is 11.6 Å². The van der Waals surface area contributed by atoms with Crippen LogP contribution < -0.4 is 0 Å². The predicted molar refractivity (Wildman–Crippen MR) is 132 cm³/mol. The largest absolute Gasteiger partial charge is 0.338 e. The van der Waals surface area contributed by atoms with Gasteiger partial charge < -0.3 is 9.09 Å². The first-order valence-corrected chi connectivity index (χ1v) is 12.2. The lowest BCUT2D eigenvalue weighted by Crippen LogP contribution is -2.08. The Hall–Kier alpha value is -4.12. The average molecular weight is 502 g/mol. The number of imidazole rings is 1. The van der Waals surface area contributed by atoms with Crippen molar-refractivity contribution >= 4 is 22.7 Å². The summed E-state index contributed by atoms with van der Waals surface area (Å²) in [7, 11) is 1.94. The zero-order valence-corrected chi connectivity index (χ0v) is 20.8. The normalized spacial score (nSPS) is 13.8. The molecule has 6 rings (SSSR count). The number of aromatic nitrogens is 7. The Kier molecular flexibility index (Phi) is 6.23. The Labute approximate surface area is 210 Å². The molecule has 0 radical (unpaired) electrons. The Bertz CT molecular complexity index is 1590. The number of fused-ring (bicyclic) bond motifs is 1. The molecule has 1 aromatic carbocycles. The molecule has 4 heterocycles. The quantitative estimate of drug-likeness (QED) is 0.353. The minimum absolute atomic E-state index is 0.153. The van der Waals surface area contributed by atoms with Gasteiger partial charge in [0.2, 0.25) is 11.7 Å². The van der Waals surface area contributed by atoms with Gasteiger partial charge in [0.15, 0.2) is 11.5 Å². The zero-order chi connectivity index (χ0) is 25.3. The highest BCUT2D eigenvalue weighted by atomic mass is 32.1. The maximum atomic E-state index is 8.29. The number of benzene rings is 1. The van der Waals surface area contributed by atoms with Gasteiger partial charge in [0.05, 0.1) is 11.1 Å². The van der Waals surface area contributed by atoms with E-state index in [2.05, 4.69) is 52.6 Å². The van der Waals surface area contributed by atoms with Crippen molar-refractivity contribution in [3.8, 4) is 22.9 Å². The molecule has 0 aliphatic heterocycles. The molecule has 0 N–H and O–H groups in total. The smallest absolute Gasteiger partial charge is 0.335 e. The fourth-order valence-corrected chi connectivity index (χ4v) is 4.44. The van der Waals surface area contributed by atoms with Crippen molar-refractivity contribution in [3.63, 3.8) is 0 Å². The van der Waals surface area contributed by atoms with Gasteiger partial charge in [0.1, 0.15) is 11.2 Å². The highest BCUT2D eigenvalue weighted by Crippen LogP contribution is 2.53. The third-order valence-corrected chi connectivity index (χ3v) is 6.47. The first kappa shape index (κ1) is 23.6. The van der Waals surface area contributed by atoms with Gasteiger partial charge in [-0.15, -0.1) is 5.10 Å². The lowest BCUT2D eigenvalue weighted by molar-refractivity contribution is 0.360. The summed E-state index contributed by atoms with van der Waals surface area (Å²) < 4.78 is 24.3. The molecule has 0 spiro atoms. The van der Waals surface area contributed by atoms with Gasteiger partial charge in [-0.2, -0.15) is 18.5 Å². The maximum Gasteiger partial charge on any atom is 0.335 e. The zero-order valence-electron chi connectivity index (χ0n) is 20.0.